The number of rotatable bonds is 4. The molecular formula is C20H25F3N2O. The van der Waals surface area contributed by atoms with Crippen molar-refractivity contribution in [1.29, 1.82) is 0 Å². The van der Waals surface area contributed by atoms with E-state index in [1.807, 2.05) is 0 Å². The number of amides is 1. The van der Waals surface area contributed by atoms with E-state index < -0.39 is 17.6 Å². The van der Waals surface area contributed by atoms with E-state index in [0.29, 0.717) is 0 Å². The van der Waals surface area contributed by atoms with Gasteiger partial charge in [0.1, 0.15) is 0 Å². The van der Waals surface area contributed by atoms with Gasteiger partial charge in [-0.05, 0) is 92.9 Å². The lowest BCUT2D eigenvalue weighted by Crippen LogP contribution is -2.58. The highest BCUT2D eigenvalue weighted by Gasteiger charge is 2.53. The minimum Gasteiger partial charge on any atom is -0.287 e. The van der Waals surface area contributed by atoms with E-state index in [0.717, 1.165) is 29.9 Å². The van der Waals surface area contributed by atoms with Crippen LogP contribution in [0.1, 0.15) is 61.4 Å². The molecular weight excluding hydrogens is 341 g/mol. The number of carbonyl (C=O) groups is 1. The van der Waals surface area contributed by atoms with Gasteiger partial charge in [-0.2, -0.15) is 13.2 Å². The first-order valence-corrected chi connectivity index (χ1v) is 9.48. The summed E-state index contributed by atoms with van der Waals surface area (Å²) in [5.41, 5.74) is 5.60. The molecule has 2 N–H and O–H groups in total. The molecule has 4 saturated carbocycles. The van der Waals surface area contributed by atoms with E-state index in [1.165, 1.54) is 50.7 Å². The smallest absolute Gasteiger partial charge is 0.287 e. The third-order valence-electron chi connectivity index (χ3n) is 6.88. The van der Waals surface area contributed by atoms with Gasteiger partial charge in [0, 0.05) is 11.6 Å². The number of hydrazine groups is 1. The van der Waals surface area contributed by atoms with Crippen LogP contribution >= 0.6 is 0 Å². The molecule has 1 aromatic rings. The van der Waals surface area contributed by atoms with Crippen molar-refractivity contribution in [3.63, 3.8) is 0 Å². The normalized spacial score (nSPS) is 33.9. The number of carbonyl (C=O) groups excluding carboxylic acids is 1. The Bertz CT molecular complexity index is 648. The maximum absolute atomic E-state index is 12.6. The molecule has 4 bridgehead atoms. The highest BCUT2D eigenvalue weighted by Crippen LogP contribution is 2.61. The summed E-state index contributed by atoms with van der Waals surface area (Å²) < 4.78 is 37.9. The van der Waals surface area contributed by atoms with Crippen LogP contribution < -0.4 is 10.9 Å². The van der Waals surface area contributed by atoms with E-state index in [-0.39, 0.29) is 17.0 Å². The molecule has 0 aromatic heterocycles. The molecule has 1 aromatic carbocycles. The molecule has 0 aliphatic heterocycles. The molecule has 6 heteroatoms. The second-order valence-corrected chi connectivity index (χ2v) is 8.68. The first kappa shape index (κ1) is 17.8. The molecule has 4 fully saturated rings. The first-order valence-electron chi connectivity index (χ1n) is 9.48. The lowest BCUT2D eigenvalue weighted by Gasteiger charge is -2.59. The third kappa shape index (κ3) is 3.24. The molecule has 3 nitrogen and oxygen atoms in total. The molecule has 142 valence electrons. The Morgan fingerprint density at radius 1 is 1.04 bits per heavy atom. The molecule has 1 unspecified atom stereocenters. The zero-order valence-corrected chi connectivity index (χ0v) is 14.9. The minimum absolute atomic E-state index is 0.161. The molecule has 0 heterocycles. The fourth-order valence-electron chi connectivity index (χ4n) is 5.92. The van der Waals surface area contributed by atoms with Gasteiger partial charge in [0.25, 0.3) is 5.91 Å². The summed E-state index contributed by atoms with van der Waals surface area (Å²) in [6.45, 7) is 2.13. The molecule has 4 aliphatic carbocycles. The predicted octanol–water partition coefficient (Wildman–Crippen LogP) is 4.54. The van der Waals surface area contributed by atoms with Crippen LogP contribution in [-0.2, 0) is 6.18 Å². The Morgan fingerprint density at radius 2 is 1.54 bits per heavy atom. The second-order valence-electron chi connectivity index (χ2n) is 8.68. The highest BCUT2D eigenvalue weighted by atomic mass is 19.4. The van der Waals surface area contributed by atoms with Crippen LogP contribution in [0.15, 0.2) is 24.3 Å². The maximum Gasteiger partial charge on any atom is 0.416 e. The number of alkyl halides is 3. The van der Waals surface area contributed by atoms with Gasteiger partial charge in [0.2, 0.25) is 0 Å². The van der Waals surface area contributed by atoms with Crippen molar-refractivity contribution in [2.24, 2.45) is 23.2 Å². The van der Waals surface area contributed by atoms with Crippen molar-refractivity contribution in [3.05, 3.63) is 35.4 Å². The van der Waals surface area contributed by atoms with Crippen LogP contribution in [0.2, 0.25) is 0 Å². The van der Waals surface area contributed by atoms with E-state index in [2.05, 4.69) is 17.8 Å². The standard InChI is InChI=1S/C20H25F3N2O/c1-12(19-9-13-6-14(10-19)8-15(7-13)11-19)24-25-18(26)16-2-4-17(5-3-16)20(21,22)23/h2-5,12-15,24H,6-11H2,1H3,(H,25,26). The van der Waals surface area contributed by atoms with Crippen molar-refractivity contribution in [2.75, 3.05) is 0 Å². The van der Waals surface area contributed by atoms with E-state index >= 15 is 0 Å². The van der Waals surface area contributed by atoms with Gasteiger partial charge < -0.3 is 0 Å². The summed E-state index contributed by atoms with van der Waals surface area (Å²) in [5.74, 6) is 2.10. The molecule has 0 radical (unpaired) electrons. The predicted molar refractivity (Wildman–Crippen MR) is 92.1 cm³/mol. The van der Waals surface area contributed by atoms with Crippen molar-refractivity contribution < 1.29 is 18.0 Å². The molecule has 0 saturated heterocycles. The van der Waals surface area contributed by atoms with Crippen LogP contribution in [0, 0.1) is 23.2 Å². The van der Waals surface area contributed by atoms with Gasteiger partial charge in [0.15, 0.2) is 0 Å². The van der Waals surface area contributed by atoms with Crippen molar-refractivity contribution in [3.8, 4) is 0 Å². The fourth-order valence-corrected chi connectivity index (χ4v) is 5.92. The average Bonchev–Trinajstić information content (AvgIpc) is 2.57. The van der Waals surface area contributed by atoms with Crippen LogP contribution in [0.5, 0.6) is 0 Å². The summed E-state index contributed by atoms with van der Waals surface area (Å²) in [5, 5.41) is 0. The van der Waals surface area contributed by atoms with Gasteiger partial charge in [-0.25, -0.2) is 5.43 Å². The summed E-state index contributed by atoms with van der Waals surface area (Å²) in [6, 6.07) is 4.48. The van der Waals surface area contributed by atoms with Gasteiger partial charge in [-0.3, -0.25) is 10.2 Å². The summed E-state index contributed by atoms with van der Waals surface area (Å²) >= 11 is 0. The SMILES string of the molecule is CC(NNC(=O)c1ccc(C(F)(F)F)cc1)C12CC3CC(CC(C3)C1)C2. The molecule has 1 atom stereocenters. The van der Waals surface area contributed by atoms with Crippen LogP contribution in [0.25, 0.3) is 0 Å². The number of hydrogen-bond donors (Lipinski definition) is 2. The van der Waals surface area contributed by atoms with E-state index in [4.69, 9.17) is 0 Å². The summed E-state index contributed by atoms with van der Waals surface area (Å²) in [7, 11) is 0. The van der Waals surface area contributed by atoms with Crippen molar-refractivity contribution >= 4 is 5.91 Å². The Morgan fingerprint density at radius 3 is 2.00 bits per heavy atom. The van der Waals surface area contributed by atoms with Crippen molar-refractivity contribution in [1.82, 2.24) is 10.9 Å². The largest absolute Gasteiger partial charge is 0.416 e. The molecule has 5 rings (SSSR count). The molecule has 4 aliphatic rings. The lowest BCUT2D eigenvalue weighted by molar-refractivity contribution is -0.137. The maximum atomic E-state index is 12.6. The second kappa shape index (κ2) is 6.25. The monoisotopic (exact) mass is 366 g/mol. The average molecular weight is 366 g/mol. The van der Waals surface area contributed by atoms with E-state index in [9.17, 15) is 18.0 Å². The van der Waals surface area contributed by atoms with Gasteiger partial charge >= 0.3 is 6.18 Å². The van der Waals surface area contributed by atoms with E-state index in [1.54, 1.807) is 0 Å². The van der Waals surface area contributed by atoms with Crippen LogP contribution in [-0.4, -0.2) is 11.9 Å². The lowest BCUT2D eigenvalue weighted by atomic mass is 9.48. The van der Waals surface area contributed by atoms with Crippen molar-refractivity contribution in [2.45, 2.75) is 57.7 Å². The topological polar surface area (TPSA) is 41.1 Å². The molecule has 1 amide bonds. The first-order chi connectivity index (χ1) is 12.2. The number of halogens is 3. The zero-order chi connectivity index (χ0) is 18.5. The van der Waals surface area contributed by atoms with Crippen LogP contribution in [0.4, 0.5) is 13.2 Å². The highest BCUT2D eigenvalue weighted by molar-refractivity contribution is 5.93. The quantitative estimate of drug-likeness (QED) is 0.768. The number of hydrogen-bond acceptors (Lipinski definition) is 2. The van der Waals surface area contributed by atoms with Gasteiger partial charge in [0.05, 0.1) is 5.56 Å². The van der Waals surface area contributed by atoms with Gasteiger partial charge in [-0.15, -0.1) is 0 Å². The Kier molecular flexibility index (Phi) is 4.29. The fraction of sp³-hybridized carbons (Fsp3) is 0.650. The molecule has 0 spiro atoms. The van der Waals surface area contributed by atoms with Crippen LogP contribution in [0.3, 0.4) is 0 Å². The summed E-state index contributed by atoms with van der Waals surface area (Å²) in [4.78, 5) is 12.3. The number of benzene rings is 1. The zero-order valence-electron chi connectivity index (χ0n) is 14.9. The Balaban J connectivity index is 1.37. The Hall–Kier alpha value is -1.56. The number of nitrogens with one attached hydrogen (secondary N) is 2. The summed E-state index contributed by atoms with van der Waals surface area (Å²) in [6.07, 6.45) is 3.38. The minimum atomic E-state index is -4.39. The third-order valence-corrected chi connectivity index (χ3v) is 6.88. The Labute approximate surface area is 151 Å². The molecule has 26 heavy (non-hydrogen) atoms. The van der Waals surface area contributed by atoms with Gasteiger partial charge in [-0.1, -0.05) is 0 Å².